The van der Waals surface area contributed by atoms with E-state index < -0.39 is 12.2 Å². The van der Waals surface area contributed by atoms with Gasteiger partial charge in [0.05, 0.1) is 6.54 Å². The summed E-state index contributed by atoms with van der Waals surface area (Å²) in [5, 5.41) is 2.81. The van der Waals surface area contributed by atoms with Crippen LogP contribution in [0.3, 0.4) is 0 Å². The van der Waals surface area contributed by atoms with Crippen molar-refractivity contribution in [2.45, 2.75) is 25.7 Å². The van der Waals surface area contributed by atoms with Gasteiger partial charge in [-0.3, -0.25) is 9.59 Å². The molecule has 0 aromatic heterocycles. The first kappa shape index (κ1) is 18.9. The fraction of sp³-hybridized carbons (Fsp3) is 0.167. The van der Waals surface area contributed by atoms with Gasteiger partial charge in [0, 0.05) is 11.4 Å². The van der Waals surface area contributed by atoms with Crippen molar-refractivity contribution >= 4 is 23.2 Å². The molecule has 1 heterocycles. The normalized spacial score (nSPS) is 17.4. The van der Waals surface area contributed by atoms with Gasteiger partial charge in [-0.05, 0) is 36.8 Å². The first-order valence-electron chi connectivity index (χ1n) is 9.55. The van der Waals surface area contributed by atoms with Crippen LogP contribution < -0.4 is 10.2 Å². The number of anilines is 2. The molecule has 5 nitrogen and oxygen atoms in total. The Hall–Kier alpha value is -3.44. The molecule has 0 aliphatic carbocycles. The first-order valence-corrected chi connectivity index (χ1v) is 9.55. The Morgan fingerprint density at radius 3 is 2.14 bits per heavy atom. The Balaban J connectivity index is 1.47. The second-order valence-corrected chi connectivity index (χ2v) is 7.08. The Morgan fingerprint density at radius 2 is 1.48 bits per heavy atom. The highest BCUT2D eigenvalue weighted by Gasteiger charge is 2.52. The van der Waals surface area contributed by atoms with Crippen molar-refractivity contribution in [2.24, 2.45) is 0 Å². The van der Waals surface area contributed by atoms with Crippen LogP contribution in [0, 0.1) is 6.92 Å². The number of carbonyl (C=O) groups is 2. The van der Waals surface area contributed by atoms with Gasteiger partial charge >= 0.3 is 0 Å². The van der Waals surface area contributed by atoms with Crippen molar-refractivity contribution in [3.05, 3.63) is 96.1 Å². The van der Waals surface area contributed by atoms with E-state index >= 15 is 0 Å². The standard InChI is InChI=1S/C24H22N2O3/c1-17-12-14-19(15-13-17)25-23(27)21-22(29-21)24(28)26(20-10-6-3-7-11-20)16-18-8-4-2-5-9-18/h2-15,21-22H,16H2,1H3,(H,25,27)/t21-,22-/m0/s1. The highest BCUT2D eigenvalue weighted by atomic mass is 16.6. The minimum absolute atomic E-state index is 0.218. The van der Waals surface area contributed by atoms with Crippen LogP contribution in [-0.2, 0) is 20.9 Å². The number of carbonyl (C=O) groups excluding carboxylic acids is 2. The lowest BCUT2D eigenvalue weighted by molar-refractivity contribution is -0.120. The molecule has 0 unspecified atom stereocenters. The monoisotopic (exact) mass is 386 g/mol. The average Bonchev–Trinajstić information content (AvgIpc) is 3.56. The van der Waals surface area contributed by atoms with Crippen molar-refractivity contribution in [2.75, 3.05) is 10.2 Å². The number of hydrogen-bond donors (Lipinski definition) is 1. The zero-order chi connectivity index (χ0) is 20.2. The summed E-state index contributed by atoms with van der Waals surface area (Å²) in [7, 11) is 0. The fourth-order valence-corrected chi connectivity index (χ4v) is 3.17. The lowest BCUT2D eigenvalue weighted by Gasteiger charge is -2.22. The first-order chi connectivity index (χ1) is 14.1. The molecule has 1 aliphatic heterocycles. The lowest BCUT2D eigenvalue weighted by Crippen LogP contribution is -2.36. The summed E-state index contributed by atoms with van der Waals surface area (Å²) in [4.78, 5) is 27.3. The van der Waals surface area contributed by atoms with Crippen molar-refractivity contribution in [3.8, 4) is 0 Å². The van der Waals surface area contributed by atoms with Crippen molar-refractivity contribution < 1.29 is 14.3 Å². The van der Waals surface area contributed by atoms with Crippen LogP contribution in [0.15, 0.2) is 84.9 Å². The molecule has 1 fully saturated rings. The highest BCUT2D eigenvalue weighted by Crippen LogP contribution is 2.29. The number of ether oxygens (including phenoxy) is 1. The molecular weight excluding hydrogens is 364 g/mol. The SMILES string of the molecule is Cc1ccc(NC(=O)[C@H]2O[C@@H]2C(=O)N(Cc2ccccc2)c2ccccc2)cc1. The van der Waals surface area contributed by atoms with Crippen LogP contribution in [0.1, 0.15) is 11.1 Å². The molecule has 2 amide bonds. The molecule has 146 valence electrons. The van der Waals surface area contributed by atoms with E-state index in [0.717, 1.165) is 16.8 Å². The molecule has 0 saturated carbocycles. The highest BCUT2D eigenvalue weighted by molar-refractivity contribution is 6.06. The van der Waals surface area contributed by atoms with Crippen LogP contribution in [0.25, 0.3) is 0 Å². The van der Waals surface area contributed by atoms with Gasteiger partial charge in [-0.1, -0.05) is 66.2 Å². The lowest BCUT2D eigenvalue weighted by atomic mass is 10.1. The van der Waals surface area contributed by atoms with Gasteiger partial charge in [0.15, 0.2) is 12.2 Å². The molecule has 0 bridgehead atoms. The number of nitrogens with one attached hydrogen (secondary N) is 1. The summed E-state index contributed by atoms with van der Waals surface area (Å²) >= 11 is 0. The molecule has 2 atom stereocenters. The molecule has 1 aliphatic rings. The second-order valence-electron chi connectivity index (χ2n) is 7.08. The zero-order valence-corrected chi connectivity index (χ0v) is 16.1. The minimum atomic E-state index is -0.774. The van der Waals surface area contributed by atoms with Gasteiger partial charge in [0.25, 0.3) is 11.8 Å². The smallest absolute Gasteiger partial charge is 0.259 e. The number of aryl methyl sites for hydroxylation is 1. The summed E-state index contributed by atoms with van der Waals surface area (Å²) in [5.41, 5.74) is 3.57. The van der Waals surface area contributed by atoms with Gasteiger partial charge < -0.3 is 15.0 Å². The van der Waals surface area contributed by atoms with E-state index in [1.54, 1.807) is 4.90 Å². The summed E-state index contributed by atoms with van der Waals surface area (Å²) in [6.45, 7) is 2.39. The van der Waals surface area contributed by atoms with Gasteiger partial charge in [0.1, 0.15) is 0 Å². The quantitative estimate of drug-likeness (QED) is 0.653. The third kappa shape index (κ3) is 4.52. The van der Waals surface area contributed by atoms with Crippen LogP contribution in [0.4, 0.5) is 11.4 Å². The maximum atomic E-state index is 13.1. The molecule has 29 heavy (non-hydrogen) atoms. The van der Waals surface area contributed by atoms with Crippen LogP contribution in [0.5, 0.6) is 0 Å². The minimum Gasteiger partial charge on any atom is -0.349 e. The summed E-state index contributed by atoms with van der Waals surface area (Å²) in [6, 6.07) is 26.7. The predicted octanol–water partition coefficient (Wildman–Crippen LogP) is 3.93. The average molecular weight is 386 g/mol. The topological polar surface area (TPSA) is 61.9 Å². The van der Waals surface area contributed by atoms with E-state index in [4.69, 9.17) is 4.74 Å². The molecule has 3 aromatic rings. The van der Waals surface area contributed by atoms with Crippen LogP contribution >= 0.6 is 0 Å². The molecule has 0 radical (unpaired) electrons. The fourth-order valence-electron chi connectivity index (χ4n) is 3.17. The van der Waals surface area contributed by atoms with E-state index in [1.165, 1.54) is 0 Å². The number of rotatable bonds is 6. The predicted molar refractivity (Wildman–Crippen MR) is 113 cm³/mol. The zero-order valence-electron chi connectivity index (χ0n) is 16.1. The molecule has 1 saturated heterocycles. The third-order valence-corrected chi connectivity index (χ3v) is 4.83. The summed E-state index contributed by atoms with van der Waals surface area (Å²) in [5.74, 6) is -0.524. The number of epoxide rings is 1. The van der Waals surface area contributed by atoms with E-state index in [2.05, 4.69) is 5.32 Å². The van der Waals surface area contributed by atoms with E-state index in [9.17, 15) is 9.59 Å². The maximum absolute atomic E-state index is 13.1. The van der Waals surface area contributed by atoms with E-state index in [1.807, 2.05) is 91.9 Å². The second kappa shape index (κ2) is 8.29. The number of hydrogen-bond acceptors (Lipinski definition) is 3. The summed E-state index contributed by atoms with van der Waals surface area (Å²) in [6.07, 6.45) is -1.55. The molecular formula is C24H22N2O3. The van der Waals surface area contributed by atoms with E-state index in [0.29, 0.717) is 12.2 Å². The van der Waals surface area contributed by atoms with Gasteiger partial charge in [-0.25, -0.2) is 0 Å². The van der Waals surface area contributed by atoms with Crippen molar-refractivity contribution in [1.82, 2.24) is 0 Å². The number of para-hydroxylation sites is 1. The van der Waals surface area contributed by atoms with E-state index in [-0.39, 0.29) is 11.8 Å². The largest absolute Gasteiger partial charge is 0.349 e. The summed E-state index contributed by atoms with van der Waals surface area (Å²) < 4.78 is 5.47. The number of nitrogens with zero attached hydrogens (tertiary/aromatic N) is 1. The Kier molecular flexibility index (Phi) is 5.40. The molecule has 0 spiro atoms. The van der Waals surface area contributed by atoms with Crippen molar-refractivity contribution in [1.29, 1.82) is 0 Å². The maximum Gasteiger partial charge on any atom is 0.259 e. The number of amides is 2. The van der Waals surface area contributed by atoms with Crippen molar-refractivity contribution in [3.63, 3.8) is 0 Å². The number of benzene rings is 3. The Bertz CT molecular complexity index is 988. The van der Waals surface area contributed by atoms with Crippen LogP contribution in [-0.4, -0.2) is 24.0 Å². The Labute approximate surface area is 169 Å². The van der Waals surface area contributed by atoms with Gasteiger partial charge in [0.2, 0.25) is 0 Å². The molecule has 3 aromatic carbocycles. The van der Waals surface area contributed by atoms with Gasteiger partial charge in [-0.2, -0.15) is 0 Å². The molecule has 4 rings (SSSR count). The van der Waals surface area contributed by atoms with Crippen LogP contribution in [0.2, 0.25) is 0 Å². The molecule has 1 N–H and O–H groups in total. The third-order valence-electron chi connectivity index (χ3n) is 4.83. The Morgan fingerprint density at radius 1 is 0.862 bits per heavy atom. The molecule has 5 heteroatoms. The van der Waals surface area contributed by atoms with Gasteiger partial charge in [-0.15, -0.1) is 0 Å².